The Morgan fingerprint density at radius 1 is 1.47 bits per heavy atom. The summed E-state index contributed by atoms with van der Waals surface area (Å²) in [6.07, 6.45) is 1.32. The van der Waals surface area contributed by atoms with Crippen LogP contribution in [0.3, 0.4) is 0 Å². The highest BCUT2D eigenvalue weighted by molar-refractivity contribution is 6.35. The van der Waals surface area contributed by atoms with E-state index in [1.54, 1.807) is 0 Å². The van der Waals surface area contributed by atoms with Crippen molar-refractivity contribution in [3.05, 3.63) is 22.3 Å². The summed E-state index contributed by atoms with van der Waals surface area (Å²) in [4.78, 5) is 3.77. The molecular formula is C8H9Cl2F2N3. The maximum absolute atomic E-state index is 12.8. The molecule has 1 aromatic rings. The normalized spacial score (nSPS) is 11.5. The standard InChI is InChI=1S/C8H9Cl2F2N3/c9-5-1-6(10)7(14-2-5)15-4-8(11,12)3-13/h1-2H,3-4,13H2,(H,14,15). The SMILES string of the molecule is NCC(F)(F)CNc1ncc(Cl)cc1Cl. The van der Waals surface area contributed by atoms with Crippen LogP contribution in [0.25, 0.3) is 0 Å². The zero-order valence-electron chi connectivity index (χ0n) is 7.61. The summed E-state index contributed by atoms with van der Waals surface area (Å²) in [5.41, 5.74) is 4.87. The Kier molecular flexibility index (Phi) is 4.07. The molecule has 0 amide bonds. The fourth-order valence-electron chi connectivity index (χ4n) is 0.830. The minimum atomic E-state index is -2.98. The number of hydrogen-bond donors (Lipinski definition) is 2. The van der Waals surface area contributed by atoms with E-state index in [9.17, 15) is 8.78 Å². The third-order valence-corrected chi connectivity index (χ3v) is 2.12. The van der Waals surface area contributed by atoms with Gasteiger partial charge in [-0.1, -0.05) is 23.2 Å². The Hall–Kier alpha value is -0.650. The lowest BCUT2D eigenvalue weighted by atomic mass is 10.3. The Morgan fingerprint density at radius 3 is 2.67 bits per heavy atom. The number of nitrogens with zero attached hydrogens (tertiary/aromatic N) is 1. The van der Waals surface area contributed by atoms with Crippen molar-refractivity contribution in [2.75, 3.05) is 18.4 Å². The van der Waals surface area contributed by atoms with Gasteiger partial charge < -0.3 is 11.1 Å². The van der Waals surface area contributed by atoms with E-state index in [1.807, 2.05) is 0 Å². The van der Waals surface area contributed by atoms with Crippen LogP contribution in [-0.4, -0.2) is 24.0 Å². The summed E-state index contributed by atoms with van der Waals surface area (Å²) in [6.45, 7) is -1.34. The number of halogens is 4. The van der Waals surface area contributed by atoms with E-state index in [0.717, 1.165) is 0 Å². The Bertz CT molecular complexity index is 347. The first-order valence-corrected chi connectivity index (χ1v) is 4.83. The molecule has 0 saturated heterocycles. The van der Waals surface area contributed by atoms with Gasteiger partial charge in [0.2, 0.25) is 0 Å². The van der Waals surface area contributed by atoms with Crippen molar-refractivity contribution in [2.45, 2.75) is 5.92 Å². The zero-order chi connectivity index (χ0) is 11.5. The predicted molar refractivity (Wildman–Crippen MR) is 56.7 cm³/mol. The number of aromatic nitrogens is 1. The second-order valence-corrected chi connectivity index (χ2v) is 3.74. The number of rotatable bonds is 4. The van der Waals surface area contributed by atoms with Gasteiger partial charge in [-0.25, -0.2) is 13.8 Å². The minimum Gasteiger partial charge on any atom is -0.363 e. The third-order valence-electron chi connectivity index (χ3n) is 1.62. The maximum atomic E-state index is 12.8. The molecule has 0 aliphatic heterocycles. The molecular weight excluding hydrogens is 247 g/mol. The van der Waals surface area contributed by atoms with Crippen LogP contribution in [-0.2, 0) is 0 Å². The van der Waals surface area contributed by atoms with Crippen LogP contribution >= 0.6 is 23.2 Å². The molecule has 7 heteroatoms. The second kappa shape index (κ2) is 4.92. The molecule has 0 bridgehead atoms. The number of alkyl halides is 2. The van der Waals surface area contributed by atoms with Crippen molar-refractivity contribution in [1.29, 1.82) is 0 Å². The number of pyridine rings is 1. The Labute approximate surface area is 95.6 Å². The Balaban J connectivity index is 2.66. The predicted octanol–water partition coefficient (Wildman–Crippen LogP) is 2.39. The summed E-state index contributed by atoms with van der Waals surface area (Å²) in [6, 6.07) is 1.42. The molecule has 0 aromatic carbocycles. The van der Waals surface area contributed by atoms with Gasteiger partial charge >= 0.3 is 0 Å². The lowest BCUT2D eigenvalue weighted by molar-refractivity contribution is 0.0253. The molecule has 3 nitrogen and oxygen atoms in total. The third kappa shape index (κ3) is 3.77. The average molecular weight is 256 g/mol. The molecule has 0 radical (unpaired) electrons. The van der Waals surface area contributed by atoms with Gasteiger partial charge in [-0.05, 0) is 6.07 Å². The van der Waals surface area contributed by atoms with E-state index >= 15 is 0 Å². The summed E-state index contributed by atoms with van der Waals surface area (Å²) in [7, 11) is 0. The number of nitrogens with two attached hydrogens (primary N) is 1. The van der Waals surface area contributed by atoms with Crippen LogP contribution in [0.4, 0.5) is 14.6 Å². The van der Waals surface area contributed by atoms with Crippen LogP contribution < -0.4 is 11.1 Å². The molecule has 0 aliphatic rings. The van der Waals surface area contributed by atoms with Crippen molar-refractivity contribution in [2.24, 2.45) is 5.73 Å². The topological polar surface area (TPSA) is 50.9 Å². The van der Waals surface area contributed by atoms with Gasteiger partial charge in [0.25, 0.3) is 5.92 Å². The number of nitrogens with one attached hydrogen (secondary N) is 1. The van der Waals surface area contributed by atoms with Crippen molar-refractivity contribution in [1.82, 2.24) is 4.98 Å². The van der Waals surface area contributed by atoms with Crippen LogP contribution in [0.15, 0.2) is 12.3 Å². The molecule has 84 valence electrons. The Morgan fingerprint density at radius 2 is 2.13 bits per heavy atom. The lowest BCUT2D eigenvalue weighted by Crippen LogP contribution is -2.35. The molecule has 1 heterocycles. The molecule has 3 N–H and O–H groups in total. The molecule has 0 spiro atoms. The maximum Gasteiger partial charge on any atom is 0.276 e. The van der Waals surface area contributed by atoms with Crippen molar-refractivity contribution in [3.63, 3.8) is 0 Å². The van der Waals surface area contributed by atoms with E-state index in [1.165, 1.54) is 12.3 Å². The van der Waals surface area contributed by atoms with Gasteiger partial charge in [-0.2, -0.15) is 0 Å². The molecule has 15 heavy (non-hydrogen) atoms. The first-order valence-electron chi connectivity index (χ1n) is 4.07. The van der Waals surface area contributed by atoms with Gasteiger partial charge in [0.1, 0.15) is 5.82 Å². The first-order chi connectivity index (χ1) is 6.94. The summed E-state index contributed by atoms with van der Waals surface area (Å²) >= 11 is 11.3. The van der Waals surface area contributed by atoms with Gasteiger partial charge in [0.05, 0.1) is 23.1 Å². The summed E-state index contributed by atoms with van der Waals surface area (Å²) in [5, 5.41) is 2.93. The quantitative estimate of drug-likeness (QED) is 0.869. The summed E-state index contributed by atoms with van der Waals surface area (Å²) in [5.74, 6) is -2.82. The molecule has 1 aromatic heterocycles. The highest BCUT2D eigenvalue weighted by Crippen LogP contribution is 2.23. The van der Waals surface area contributed by atoms with Crippen molar-refractivity contribution < 1.29 is 8.78 Å². The zero-order valence-corrected chi connectivity index (χ0v) is 9.12. The average Bonchev–Trinajstić information content (AvgIpc) is 2.16. The second-order valence-electron chi connectivity index (χ2n) is 2.90. The van der Waals surface area contributed by atoms with Crippen LogP contribution in [0.5, 0.6) is 0 Å². The van der Waals surface area contributed by atoms with Crippen LogP contribution in [0.2, 0.25) is 10.0 Å². The highest BCUT2D eigenvalue weighted by atomic mass is 35.5. The molecule has 0 atom stereocenters. The smallest absolute Gasteiger partial charge is 0.276 e. The number of anilines is 1. The largest absolute Gasteiger partial charge is 0.363 e. The molecule has 0 fully saturated rings. The molecule has 0 saturated carbocycles. The van der Waals surface area contributed by atoms with E-state index in [4.69, 9.17) is 28.9 Å². The van der Waals surface area contributed by atoms with Crippen LogP contribution in [0.1, 0.15) is 0 Å². The first kappa shape index (κ1) is 12.4. The van der Waals surface area contributed by atoms with Gasteiger partial charge in [0.15, 0.2) is 0 Å². The van der Waals surface area contributed by atoms with Crippen molar-refractivity contribution in [3.8, 4) is 0 Å². The lowest BCUT2D eigenvalue weighted by Gasteiger charge is -2.15. The van der Waals surface area contributed by atoms with Crippen molar-refractivity contribution >= 4 is 29.0 Å². The highest BCUT2D eigenvalue weighted by Gasteiger charge is 2.26. The molecule has 0 aliphatic carbocycles. The van der Waals surface area contributed by atoms with Gasteiger partial charge in [0, 0.05) is 6.20 Å². The molecule has 0 unspecified atom stereocenters. The fourth-order valence-corrected chi connectivity index (χ4v) is 1.28. The monoisotopic (exact) mass is 255 g/mol. The van der Waals surface area contributed by atoms with Gasteiger partial charge in [-0.3, -0.25) is 0 Å². The van der Waals surface area contributed by atoms with E-state index in [-0.39, 0.29) is 10.8 Å². The summed E-state index contributed by atoms with van der Waals surface area (Å²) < 4.78 is 25.5. The molecule has 1 rings (SSSR count). The number of hydrogen-bond acceptors (Lipinski definition) is 3. The fraction of sp³-hybridized carbons (Fsp3) is 0.375. The van der Waals surface area contributed by atoms with Gasteiger partial charge in [-0.15, -0.1) is 0 Å². The van der Waals surface area contributed by atoms with E-state index in [0.29, 0.717) is 5.02 Å². The van der Waals surface area contributed by atoms with E-state index < -0.39 is 19.0 Å². The van der Waals surface area contributed by atoms with E-state index in [2.05, 4.69) is 10.3 Å². The van der Waals surface area contributed by atoms with Crippen LogP contribution in [0, 0.1) is 0 Å². The minimum absolute atomic E-state index is 0.161.